The molecule has 7 heteroatoms. The van der Waals surface area contributed by atoms with Crippen molar-refractivity contribution in [3.63, 3.8) is 0 Å². The number of aryl methyl sites for hydroxylation is 2. The van der Waals surface area contributed by atoms with Crippen LogP contribution in [0.1, 0.15) is 37.7 Å². The molecule has 0 unspecified atom stereocenters. The van der Waals surface area contributed by atoms with E-state index in [1.807, 2.05) is 47.9 Å². The predicted molar refractivity (Wildman–Crippen MR) is 104 cm³/mol. The van der Waals surface area contributed by atoms with E-state index in [9.17, 15) is 9.59 Å². The van der Waals surface area contributed by atoms with E-state index in [0.717, 1.165) is 57.5 Å². The lowest BCUT2D eigenvalue weighted by molar-refractivity contribution is -0.142. The van der Waals surface area contributed by atoms with Crippen molar-refractivity contribution in [2.75, 3.05) is 46.8 Å². The molecule has 2 fully saturated rings. The zero-order valence-electron chi connectivity index (χ0n) is 17.0. The molecule has 27 heavy (non-hydrogen) atoms. The summed E-state index contributed by atoms with van der Waals surface area (Å²) < 4.78 is 1.84. The van der Waals surface area contributed by atoms with Gasteiger partial charge in [0.2, 0.25) is 11.8 Å². The molecule has 0 aliphatic carbocycles. The summed E-state index contributed by atoms with van der Waals surface area (Å²) in [7, 11) is 4.08. The molecule has 150 valence electrons. The number of hydrogen-bond donors (Lipinski definition) is 0. The molecule has 1 spiro atoms. The Balaban J connectivity index is 1.48. The van der Waals surface area contributed by atoms with Gasteiger partial charge >= 0.3 is 0 Å². The van der Waals surface area contributed by atoms with Gasteiger partial charge in [0.15, 0.2) is 0 Å². The molecule has 2 aliphatic heterocycles. The summed E-state index contributed by atoms with van der Waals surface area (Å²) in [5, 5.41) is 4.25. The number of aromatic nitrogens is 2. The molecule has 0 radical (unpaired) electrons. The Bertz CT molecular complexity index is 661. The highest BCUT2D eigenvalue weighted by atomic mass is 16.2. The first-order valence-corrected chi connectivity index (χ1v) is 10.1. The quantitative estimate of drug-likeness (QED) is 0.754. The predicted octanol–water partition coefficient (Wildman–Crippen LogP) is 1.37. The number of likely N-dealkylation sites (N-methyl/N-ethyl adjacent to an activating group) is 1. The lowest BCUT2D eigenvalue weighted by Crippen LogP contribution is -2.53. The standard InChI is InChI=1S/C20H33N5O2/c1-17-14-21-25(15-17)9-5-19(27)23-10-7-20(8-11-23)6-4-18(26)24(16-20)13-12-22(2)3/h14-15H,4-13,16H2,1-3H3. The van der Waals surface area contributed by atoms with Crippen molar-refractivity contribution in [3.8, 4) is 0 Å². The lowest BCUT2D eigenvalue weighted by atomic mass is 9.72. The number of likely N-dealkylation sites (tertiary alicyclic amines) is 2. The Morgan fingerprint density at radius 2 is 1.96 bits per heavy atom. The second kappa shape index (κ2) is 8.42. The average Bonchev–Trinajstić information content (AvgIpc) is 3.06. The van der Waals surface area contributed by atoms with Crippen molar-refractivity contribution in [1.82, 2.24) is 24.5 Å². The third-order valence-corrected chi connectivity index (χ3v) is 6.06. The van der Waals surface area contributed by atoms with Gasteiger partial charge in [-0.3, -0.25) is 14.3 Å². The van der Waals surface area contributed by atoms with Crippen LogP contribution in [-0.4, -0.2) is 83.1 Å². The van der Waals surface area contributed by atoms with Crippen LogP contribution in [0.5, 0.6) is 0 Å². The summed E-state index contributed by atoms with van der Waals surface area (Å²) >= 11 is 0. The first kappa shape index (κ1) is 19.9. The number of amides is 2. The summed E-state index contributed by atoms with van der Waals surface area (Å²) in [5.41, 5.74) is 1.32. The Morgan fingerprint density at radius 3 is 2.59 bits per heavy atom. The zero-order chi connectivity index (χ0) is 19.4. The van der Waals surface area contributed by atoms with Crippen LogP contribution in [0, 0.1) is 12.3 Å². The monoisotopic (exact) mass is 375 g/mol. The number of carbonyl (C=O) groups excluding carboxylic acids is 2. The molecule has 2 aliphatic rings. The maximum atomic E-state index is 12.6. The number of rotatable bonds is 6. The molecule has 1 aromatic rings. The highest BCUT2D eigenvalue weighted by Gasteiger charge is 2.41. The second-order valence-corrected chi connectivity index (χ2v) is 8.53. The fourth-order valence-corrected chi connectivity index (χ4v) is 4.22. The van der Waals surface area contributed by atoms with Crippen molar-refractivity contribution in [3.05, 3.63) is 18.0 Å². The molecule has 0 bridgehead atoms. The van der Waals surface area contributed by atoms with E-state index < -0.39 is 0 Å². The molecular formula is C20H33N5O2. The largest absolute Gasteiger partial charge is 0.343 e. The number of carbonyl (C=O) groups is 2. The third-order valence-electron chi connectivity index (χ3n) is 6.06. The van der Waals surface area contributed by atoms with Gasteiger partial charge in [-0.1, -0.05) is 0 Å². The van der Waals surface area contributed by atoms with Crippen LogP contribution in [0.3, 0.4) is 0 Å². The molecule has 0 N–H and O–H groups in total. The minimum Gasteiger partial charge on any atom is -0.343 e. The van der Waals surface area contributed by atoms with Gasteiger partial charge in [0.25, 0.3) is 0 Å². The van der Waals surface area contributed by atoms with E-state index >= 15 is 0 Å². The molecule has 3 rings (SSSR count). The molecular weight excluding hydrogens is 342 g/mol. The Labute approximate surface area is 162 Å². The minimum absolute atomic E-state index is 0.204. The van der Waals surface area contributed by atoms with Gasteiger partial charge in [-0.05, 0) is 51.3 Å². The second-order valence-electron chi connectivity index (χ2n) is 8.53. The number of hydrogen-bond acceptors (Lipinski definition) is 4. The van der Waals surface area contributed by atoms with Crippen molar-refractivity contribution in [2.45, 2.75) is 45.6 Å². The summed E-state index contributed by atoms with van der Waals surface area (Å²) in [4.78, 5) is 31.0. The van der Waals surface area contributed by atoms with Crippen molar-refractivity contribution >= 4 is 11.8 Å². The average molecular weight is 376 g/mol. The fraction of sp³-hybridized carbons (Fsp3) is 0.750. The number of piperidine rings is 2. The van der Waals surface area contributed by atoms with Crippen LogP contribution >= 0.6 is 0 Å². The molecule has 0 atom stereocenters. The molecule has 0 saturated carbocycles. The highest BCUT2D eigenvalue weighted by molar-refractivity contribution is 5.77. The Hall–Kier alpha value is -1.89. The van der Waals surface area contributed by atoms with Gasteiger partial charge in [0, 0.05) is 58.3 Å². The van der Waals surface area contributed by atoms with E-state index in [0.29, 0.717) is 19.4 Å². The summed E-state index contributed by atoms with van der Waals surface area (Å²) in [5.74, 6) is 0.504. The molecule has 1 aromatic heterocycles. The van der Waals surface area contributed by atoms with Crippen molar-refractivity contribution in [2.24, 2.45) is 5.41 Å². The molecule has 0 aromatic carbocycles. The third kappa shape index (κ3) is 5.09. The van der Waals surface area contributed by atoms with E-state index in [1.165, 1.54) is 0 Å². The Kier molecular flexibility index (Phi) is 6.19. The minimum atomic E-state index is 0.204. The highest BCUT2D eigenvalue weighted by Crippen LogP contribution is 2.40. The van der Waals surface area contributed by atoms with Crippen molar-refractivity contribution < 1.29 is 9.59 Å². The summed E-state index contributed by atoms with van der Waals surface area (Å²) in [6.45, 7) is 6.83. The van der Waals surface area contributed by atoms with Crippen LogP contribution in [0.15, 0.2) is 12.4 Å². The molecule has 2 saturated heterocycles. The summed E-state index contributed by atoms with van der Waals surface area (Å²) in [6, 6.07) is 0. The fourth-order valence-electron chi connectivity index (χ4n) is 4.22. The van der Waals surface area contributed by atoms with E-state index in [2.05, 4.69) is 10.00 Å². The van der Waals surface area contributed by atoms with Gasteiger partial charge in [0.1, 0.15) is 0 Å². The van der Waals surface area contributed by atoms with Gasteiger partial charge in [-0.2, -0.15) is 5.10 Å². The number of nitrogens with zero attached hydrogens (tertiary/aromatic N) is 5. The summed E-state index contributed by atoms with van der Waals surface area (Å²) in [6.07, 6.45) is 7.93. The van der Waals surface area contributed by atoms with E-state index in [-0.39, 0.29) is 17.2 Å². The van der Waals surface area contributed by atoms with Gasteiger partial charge in [-0.15, -0.1) is 0 Å². The molecule has 3 heterocycles. The van der Waals surface area contributed by atoms with Gasteiger partial charge in [-0.25, -0.2) is 0 Å². The first-order valence-electron chi connectivity index (χ1n) is 10.1. The van der Waals surface area contributed by atoms with Gasteiger partial charge in [0.05, 0.1) is 6.20 Å². The maximum Gasteiger partial charge on any atom is 0.224 e. The van der Waals surface area contributed by atoms with Crippen LogP contribution in [0.4, 0.5) is 0 Å². The topological polar surface area (TPSA) is 61.7 Å². The first-order chi connectivity index (χ1) is 12.9. The van der Waals surface area contributed by atoms with Crippen LogP contribution in [-0.2, 0) is 16.1 Å². The van der Waals surface area contributed by atoms with Crippen LogP contribution < -0.4 is 0 Å². The smallest absolute Gasteiger partial charge is 0.224 e. The Morgan fingerprint density at radius 1 is 1.22 bits per heavy atom. The van der Waals surface area contributed by atoms with Crippen LogP contribution in [0.2, 0.25) is 0 Å². The zero-order valence-corrected chi connectivity index (χ0v) is 17.0. The van der Waals surface area contributed by atoms with Crippen LogP contribution in [0.25, 0.3) is 0 Å². The lowest BCUT2D eigenvalue weighted by Gasteiger charge is -2.47. The SMILES string of the molecule is Cc1cnn(CCC(=O)N2CCC3(CCC(=O)N(CCN(C)C)C3)CC2)c1. The van der Waals surface area contributed by atoms with E-state index in [4.69, 9.17) is 0 Å². The maximum absolute atomic E-state index is 12.6. The normalized spacial score (nSPS) is 19.9. The van der Waals surface area contributed by atoms with E-state index in [1.54, 1.807) is 0 Å². The molecule has 2 amide bonds. The molecule has 7 nitrogen and oxygen atoms in total. The van der Waals surface area contributed by atoms with Gasteiger partial charge < -0.3 is 14.7 Å². The van der Waals surface area contributed by atoms with Crippen molar-refractivity contribution in [1.29, 1.82) is 0 Å².